The summed E-state index contributed by atoms with van der Waals surface area (Å²) in [5, 5.41) is 0. The minimum atomic E-state index is -5.03. The number of halogens is 3. The van der Waals surface area contributed by atoms with Crippen molar-refractivity contribution in [2.24, 2.45) is 0 Å². The van der Waals surface area contributed by atoms with E-state index in [1.165, 1.54) is 0 Å². The van der Waals surface area contributed by atoms with Crippen LogP contribution in [0, 0.1) is 0 Å². The van der Waals surface area contributed by atoms with Gasteiger partial charge in [0, 0.05) is 0 Å². The quantitative estimate of drug-likeness (QED) is 0.625. The normalized spacial score (nSPS) is 16.5. The third kappa shape index (κ3) is 4.99. The van der Waals surface area contributed by atoms with E-state index in [-0.39, 0.29) is 0 Å². The average molecular weight is 192 g/mol. The Kier molecular flexibility index (Phi) is 2.86. The Labute approximate surface area is 61.3 Å². The summed E-state index contributed by atoms with van der Waals surface area (Å²) in [4.78, 5) is 0. The van der Waals surface area contributed by atoms with Crippen molar-refractivity contribution < 1.29 is 26.1 Å². The van der Waals surface area contributed by atoms with Gasteiger partial charge >= 0.3 is 6.18 Å². The fourth-order valence-electron chi connectivity index (χ4n) is 0.283. The molecular formula is C3H5F3NO3S-. The van der Waals surface area contributed by atoms with E-state index in [1.54, 1.807) is 0 Å². The number of nitrogens with one attached hydrogen (secondary N) is 1. The molecule has 0 heterocycles. The van der Waals surface area contributed by atoms with Gasteiger partial charge in [0.25, 0.3) is 0 Å². The Bertz CT molecular complexity index is 220. The van der Waals surface area contributed by atoms with Gasteiger partial charge in [0.2, 0.25) is 0 Å². The van der Waals surface area contributed by atoms with Crippen molar-refractivity contribution in [2.75, 3.05) is 0 Å². The van der Waals surface area contributed by atoms with Gasteiger partial charge in [0.15, 0.2) is 10.3 Å². The van der Waals surface area contributed by atoms with Crippen molar-refractivity contribution in [1.82, 2.24) is 4.72 Å². The molecule has 68 valence electrons. The highest BCUT2D eigenvalue weighted by Crippen LogP contribution is 2.19. The number of rotatable bonds is 2. The van der Waals surface area contributed by atoms with Crippen LogP contribution in [-0.4, -0.2) is 25.2 Å². The van der Waals surface area contributed by atoms with E-state index in [4.69, 9.17) is 0 Å². The summed E-state index contributed by atoms with van der Waals surface area (Å²) in [6.45, 7) is 0.537. The van der Waals surface area contributed by atoms with Gasteiger partial charge in [0.1, 0.15) is 6.04 Å². The fourth-order valence-corrected chi connectivity index (χ4v) is 0.850. The highest BCUT2D eigenvalue weighted by atomic mass is 32.2. The van der Waals surface area contributed by atoms with Crippen LogP contribution in [0.3, 0.4) is 0 Å². The maximum atomic E-state index is 11.5. The molecule has 0 aliphatic carbocycles. The molecule has 0 aromatic carbocycles. The summed E-state index contributed by atoms with van der Waals surface area (Å²) in [7, 11) is -5.03. The zero-order valence-electron chi connectivity index (χ0n) is 5.34. The molecule has 8 heteroatoms. The molecule has 0 aliphatic heterocycles. The van der Waals surface area contributed by atoms with Crippen LogP contribution in [0.1, 0.15) is 6.92 Å². The molecule has 11 heavy (non-hydrogen) atoms. The van der Waals surface area contributed by atoms with Crippen LogP contribution >= 0.6 is 0 Å². The Morgan fingerprint density at radius 3 is 1.91 bits per heavy atom. The highest BCUT2D eigenvalue weighted by molar-refractivity contribution is 7.83. The Morgan fingerprint density at radius 2 is 1.82 bits per heavy atom. The number of hydrogen-bond donors (Lipinski definition) is 1. The van der Waals surface area contributed by atoms with E-state index in [0.717, 1.165) is 4.72 Å². The first kappa shape index (κ1) is 10.7. The van der Waals surface area contributed by atoms with E-state index < -0.39 is 22.5 Å². The van der Waals surface area contributed by atoms with E-state index in [1.807, 2.05) is 0 Å². The van der Waals surface area contributed by atoms with Crippen molar-refractivity contribution in [2.45, 2.75) is 19.1 Å². The second-order valence-electron chi connectivity index (χ2n) is 1.84. The molecule has 0 aromatic rings. The molecule has 0 aliphatic rings. The van der Waals surface area contributed by atoms with Gasteiger partial charge in [-0.05, 0) is 6.92 Å². The highest BCUT2D eigenvalue weighted by Gasteiger charge is 2.36. The lowest BCUT2D eigenvalue weighted by atomic mass is 10.4. The van der Waals surface area contributed by atoms with Crippen LogP contribution in [-0.2, 0) is 10.3 Å². The van der Waals surface area contributed by atoms with Gasteiger partial charge in [-0.25, -0.2) is 13.1 Å². The van der Waals surface area contributed by atoms with Crippen molar-refractivity contribution in [1.29, 1.82) is 0 Å². The topological polar surface area (TPSA) is 69.2 Å². The summed E-state index contributed by atoms with van der Waals surface area (Å²) in [5.74, 6) is 0. The monoisotopic (exact) mass is 192 g/mol. The average Bonchev–Trinajstić information content (AvgIpc) is 1.56. The van der Waals surface area contributed by atoms with Crippen LogP contribution < -0.4 is 4.72 Å². The molecule has 1 unspecified atom stereocenters. The second-order valence-corrected chi connectivity index (χ2v) is 2.98. The van der Waals surface area contributed by atoms with Crippen LogP contribution in [0.5, 0.6) is 0 Å². The minimum Gasteiger partial charge on any atom is -0.735 e. The third-order valence-electron chi connectivity index (χ3n) is 0.812. The van der Waals surface area contributed by atoms with Crippen molar-refractivity contribution in [3.63, 3.8) is 0 Å². The van der Waals surface area contributed by atoms with Gasteiger partial charge in [-0.15, -0.1) is 0 Å². The lowest BCUT2D eigenvalue weighted by Crippen LogP contribution is -2.42. The largest absolute Gasteiger partial charge is 0.735 e. The van der Waals surface area contributed by atoms with Crippen LogP contribution in [0.4, 0.5) is 13.2 Å². The zero-order chi connectivity index (χ0) is 9.28. The molecule has 1 atom stereocenters. The van der Waals surface area contributed by atoms with Gasteiger partial charge in [-0.2, -0.15) is 13.2 Å². The van der Waals surface area contributed by atoms with Gasteiger partial charge in [-0.1, -0.05) is 0 Å². The molecule has 0 aromatic heterocycles. The predicted octanol–water partition coefficient (Wildman–Crippen LogP) is -0.0130. The van der Waals surface area contributed by atoms with Crippen molar-refractivity contribution in [3.05, 3.63) is 0 Å². The van der Waals surface area contributed by atoms with E-state index >= 15 is 0 Å². The summed E-state index contributed by atoms with van der Waals surface area (Å²) in [5.41, 5.74) is 0. The first-order valence-electron chi connectivity index (χ1n) is 2.43. The van der Waals surface area contributed by atoms with Crippen LogP contribution in [0.15, 0.2) is 0 Å². The maximum absolute atomic E-state index is 11.5. The third-order valence-corrected chi connectivity index (χ3v) is 1.45. The van der Waals surface area contributed by atoms with Crippen LogP contribution in [0.25, 0.3) is 0 Å². The molecule has 0 rings (SSSR count). The molecule has 0 bridgehead atoms. The van der Waals surface area contributed by atoms with Gasteiger partial charge in [0.05, 0.1) is 0 Å². The number of hydrogen-bond acceptors (Lipinski definition) is 3. The maximum Gasteiger partial charge on any atom is 0.404 e. The SMILES string of the molecule is CC(NS(=O)(=O)[O-])C(F)(F)F. The fraction of sp³-hybridized carbons (Fsp3) is 1.00. The predicted molar refractivity (Wildman–Crippen MR) is 28.3 cm³/mol. The van der Waals surface area contributed by atoms with Gasteiger partial charge in [-0.3, -0.25) is 0 Å². The number of alkyl halides is 3. The molecule has 0 spiro atoms. The molecular weight excluding hydrogens is 187 g/mol. The van der Waals surface area contributed by atoms with E-state index in [9.17, 15) is 26.1 Å². The Balaban J connectivity index is 4.21. The summed E-state index contributed by atoms with van der Waals surface area (Å²) in [6.07, 6.45) is -4.72. The summed E-state index contributed by atoms with van der Waals surface area (Å²) < 4.78 is 64.6. The Morgan fingerprint density at radius 1 is 1.45 bits per heavy atom. The lowest BCUT2D eigenvalue weighted by Gasteiger charge is -2.18. The minimum absolute atomic E-state index is 0.537. The first-order valence-corrected chi connectivity index (χ1v) is 3.83. The lowest BCUT2D eigenvalue weighted by molar-refractivity contribution is -0.147. The smallest absolute Gasteiger partial charge is 0.404 e. The summed E-state index contributed by atoms with van der Waals surface area (Å²) in [6, 6.07) is -2.34. The molecule has 4 nitrogen and oxygen atoms in total. The molecule has 0 fully saturated rings. The standard InChI is InChI=1S/C3H6F3NO3S/c1-2(3(4,5)6)7-11(8,9)10/h2,7H,1H3,(H,8,9,10)/p-1. The first-order chi connectivity index (χ1) is 4.63. The van der Waals surface area contributed by atoms with Crippen molar-refractivity contribution in [3.8, 4) is 0 Å². The zero-order valence-corrected chi connectivity index (χ0v) is 6.16. The Hall–Kier alpha value is -0.340. The summed E-state index contributed by atoms with van der Waals surface area (Å²) >= 11 is 0. The molecule has 0 radical (unpaired) electrons. The van der Waals surface area contributed by atoms with Crippen LogP contribution in [0.2, 0.25) is 0 Å². The van der Waals surface area contributed by atoms with Gasteiger partial charge < -0.3 is 4.55 Å². The molecule has 0 amide bonds. The second kappa shape index (κ2) is 2.95. The molecule has 0 saturated heterocycles. The molecule has 0 saturated carbocycles. The van der Waals surface area contributed by atoms with E-state index in [0.29, 0.717) is 6.92 Å². The molecule has 1 N–H and O–H groups in total. The van der Waals surface area contributed by atoms with E-state index in [2.05, 4.69) is 0 Å². The van der Waals surface area contributed by atoms with Crippen molar-refractivity contribution >= 4 is 10.3 Å².